The van der Waals surface area contributed by atoms with Crippen molar-refractivity contribution in [3.8, 4) is 0 Å². The normalized spacial score (nSPS) is 11.2. The zero-order valence-electron chi connectivity index (χ0n) is 10.4. The molecule has 2 aromatic rings. The Morgan fingerprint density at radius 3 is 3.00 bits per heavy atom. The average molecular weight is 249 g/mol. The van der Waals surface area contributed by atoms with Gasteiger partial charge in [-0.1, -0.05) is 13.8 Å². The molecule has 0 unspecified atom stereocenters. The molecule has 0 bridgehead atoms. The highest BCUT2D eigenvalue weighted by Crippen LogP contribution is 2.08. The Kier molecular flexibility index (Phi) is 4.34. The van der Waals surface area contributed by atoms with Crippen LogP contribution in [0.5, 0.6) is 0 Å². The van der Waals surface area contributed by atoms with Gasteiger partial charge in [-0.15, -0.1) is 0 Å². The van der Waals surface area contributed by atoms with Crippen molar-refractivity contribution in [1.29, 1.82) is 0 Å². The van der Waals surface area contributed by atoms with Crippen LogP contribution in [0, 0.1) is 0 Å². The zero-order valence-corrected chi connectivity index (χ0v) is 11.2. The Labute approximate surface area is 106 Å². The van der Waals surface area contributed by atoms with E-state index in [0.29, 0.717) is 6.04 Å². The molecule has 3 nitrogen and oxygen atoms in total. The molecule has 2 aromatic heterocycles. The van der Waals surface area contributed by atoms with Gasteiger partial charge in [-0.2, -0.15) is 16.4 Å². The van der Waals surface area contributed by atoms with Gasteiger partial charge >= 0.3 is 0 Å². The number of aromatic nitrogens is 2. The maximum atomic E-state index is 4.37. The van der Waals surface area contributed by atoms with E-state index in [9.17, 15) is 0 Å². The highest BCUT2D eigenvalue weighted by molar-refractivity contribution is 7.07. The van der Waals surface area contributed by atoms with Crippen molar-refractivity contribution in [3.05, 3.63) is 40.3 Å². The van der Waals surface area contributed by atoms with Crippen LogP contribution >= 0.6 is 11.3 Å². The van der Waals surface area contributed by atoms with Crippen LogP contribution < -0.4 is 5.32 Å². The van der Waals surface area contributed by atoms with Gasteiger partial charge in [-0.05, 0) is 28.8 Å². The number of nitrogens with zero attached hydrogens (tertiary/aromatic N) is 2. The fourth-order valence-electron chi connectivity index (χ4n) is 1.62. The minimum atomic E-state index is 0.518. The second-order valence-corrected chi connectivity index (χ2v) is 5.31. The molecule has 4 heteroatoms. The smallest absolute Gasteiger partial charge is 0.0534 e. The molecule has 0 aliphatic heterocycles. The summed E-state index contributed by atoms with van der Waals surface area (Å²) in [6.45, 7) is 6.16. The summed E-state index contributed by atoms with van der Waals surface area (Å²) in [7, 11) is 0. The molecule has 0 aromatic carbocycles. The van der Waals surface area contributed by atoms with Gasteiger partial charge in [0.1, 0.15) is 0 Å². The SMILES string of the molecule is CC(C)NCc1cnn(CCc2ccsc2)c1. The molecule has 0 atom stereocenters. The second kappa shape index (κ2) is 5.98. The van der Waals surface area contributed by atoms with Gasteiger partial charge in [0.25, 0.3) is 0 Å². The first-order chi connectivity index (χ1) is 8.24. The van der Waals surface area contributed by atoms with Gasteiger partial charge < -0.3 is 5.32 Å². The molecule has 0 amide bonds. The molecule has 17 heavy (non-hydrogen) atoms. The summed E-state index contributed by atoms with van der Waals surface area (Å²) in [4.78, 5) is 0. The molecule has 1 N–H and O–H groups in total. The molecule has 0 spiro atoms. The van der Waals surface area contributed by atoms with Crippen LogP contribution in [0.25, 0.3) is 0 Å². The summed E-state index contributed by atoms with van der Waals surface area (Å²) in [5, 5.41) is 12.1. The van der Waals surface area contributed by atoms with Gasteiger partial charge in [0.15, 0.2) is 0 Å². The lowest BCUT2D eigenvalue weighted by molar-refractivity contribution is 0.586. The molecular weight excluding hydrogens is 230 g/mol. The van der Waals surface area contributed by atoms with E-state index >= 15 is 0 Å². The molecule has 0 radical (unpaired) electrons. The fraction of sp³-hybridized carbons (Fsp3) is 0.462. The minimum Gasteiger partial charge on any atom is -0.310 e. The van der Waals surface area contributed by atoms with E-state index in [1.807, 2.05) is 10.9 Å². The minimum absolute atomic E-state index is 0.518. The number of thiophene rings is 1. The van der Waals surface area contributed by atoms with E-state index in [-0.39, 0.29) is 0 Å². The standard InChI is InChI=1S/C13H19N3S/c1-11(2)14-7-13-8-15-16(9-13)5-3-12-4-6-17-10-12/h4,6,8-11,14H,3,5,7H2,1-2H3. The molecular formula is C13H19N3S. The fourth-order valence-corrected chi connectivity index (χ4v) is 2.32. The molecule has 92 valence electrons. The van der Waals surface area contributed by atoms with E-state index in [1.165, 1.54) is 11.1 Å². The summed E-state index contributed by atoms with van der Waals surface area (Å²) in [6, 6.07) is 2.69. The molecule has 0 aliphatic carbocycles. The van der Waals surface area contributed by atoms with Crippen LogP contribution in [0.4, 0.5) is 0 Å². The first-order valence-electron chi connectivity index (χ1n) is 6.00. The molecule has 0 aliphatic rings. The van der Waals surface area contributed by atoms with Crippen LogP contribution in [-0.2, 0) is 19.5 Å². The maximum Gasteiger partial charge on any atom is 0.0534 e. The van der Waals surface area contributed by atoms with Crippen molar-refractivity contribution in [2.75, 3.05) is 0 Å². The largest absolute Gasteiger partial charge is 0.310 e. The molecule has 0 fully saturated rings. The van der Waals surface area contributed by atoms with E-state index in [1.54, 1.807) is 11.3 Å². The third-order valence-electron chi connectivity index (χ3n) is 2.61. The summed E-state index contributed by atoms with van der Waals surface area (Å²) in [6.07, 6.45) is 5.13. The lowest BCUT2D eigenvalue weighted by Crippen LogP contribution is -2.21. The summed E-state index contributed by atoms with van der Waals surface area (Å²) < 4.78 is 2.02. The van der Waals surface area contributed by atoms with Crippen molar-refractivity contribution in [3.63, 3.8) is 0 Å². The van der Waals surface area contributed by atoms with E-state index in [0.717, 1.165) is 19.5 Å². The molecule has 2 rings (SSSR count). The predicted octanol–water partition coefficient (Wildman–Crippen LogP) is 2.69. The summed E-state index contributed by atoms with van der Waals surface area (Å²) in [5.74, 6) is 0. The van der Waals surface area contributed by atoms with Crippen LogP contribution in [0.15, 0.2) is 29.2 Å². The van der Waals surface area contributed by atoms with E-state index in [4.69, 9.17) is 0 Å². The van der Waals surface area contributed by atoms with E-state index < -0.39 is 0 Å². The van der Waals surface area contributed by atoms with Crippen LogP contribution in [-0.4, -0.2) is 15.8 Å². The second-order valence-electron chi connectivity index (χ2n) is 4.53. The predicted molar refractivity (Wildman–Crippen MR) is 72.2 cm³/mol. The van der Waals surface area contributed by atoms with Crippen LogP contribution in [0.1, 0.15) is 25.0 Å². The van der Waals surface area contributed by atoms with Crippen LogP contribution in [0.3, 0.4) is 0 Å². The summed E-state index contributed by atoms with van der Waals surface area (Å²) in [5.41, 5.74) is 2.65. The number of aryl methyl sites for hydroxylation is 2. The zero-order chi connectivity index (χ0) is 12.1. The Morgan fingerprint density at radius 1 is 1.41 bits per heavy atom. The monoisotopic (exact) mass is 249 g/mol. The Bertz CT molecular complexity index is 431. The van der Waals surface area contributed by atoms with Gasteiger partial charge in [0.05, 0.1) is 6.20 Å². The average Bonchev–Trinajstić information content (AvgIpc) is 2.95. The van der Waals surface area contributed by atoms with Gasteiger partial charge in [0.2, 0.25) is 0 Å². The quantitative estimate of drug-likeness (QED) is 0.853. The van der Waals surface area contributed by atoms with Crippen molar-refractivity contribution in [2.45, 2.75) is 39.4 Å². The number of rotatable bonds is 6. The number of hydrogen-bond donors (Lipinski definition) is 1. The summed E-state index contributed by atoms with van der Waals surface area (Å²) >= 11 is 1.75. The lowest BCUT2D eigenvalue weighted by atomic mass is 10.2. The van der Waals surface area contributed by atoms with Gasteiger partial charge in [-0.25, -0.2) is 0 Å². The molecule has 0 saturated heterocycles. The number of hydrogen-bond acceptors (Lipinski definition) is 3. The lowest BCUT2D eigenvalue weighted by Gasteiger charge is -2.05. The topological polar surface area (TPSA) is 29.9 Å². The number of nitrogens with one attached hydrogen (secondary N) is 1. The molecule has 2 heterocycles. The first-order valence-corrected chi connectivity index (χ1v) is 6.94. The third-order valence-corrected chi connectivity index (χ3v) is 3.34. The maximum absolute atomic E-state index is 4.37. The Hall–Kier alpha value is -1.13. The highest BCUT2D eigenvalue weighted by atomic mass is 32.1. The molecule has 0 saturated carbocycles. The van der Waals surface area contributed by atoms with Crippen LogP contribution in [0.2, 0.25) is 0 Å². The van der Waals surface area contributed by atoms with Crippen molar-refractivity contribution >= 4 is 11.3 Å². The third kappa shape index (κ3) is 3.98. The van der Waals surface area contributed by atoms with Crippen molar-refractivity contribution < 1.29 is 0 Å². The highest BCUT2D eigenvalue weighted by Gasteiger charge is 2.00. The van der Waals surface area contributed by atoms with Crippen molar-refractivity contribution in [1.82, 2.24) is 15.1 Å². The van der Waals surface area contributed by atoms with Gasteiger partial charge in [0, 0.05) is 30.9 Å². The van der Waals surface area contributed by atoms with Gasteiger partial charge in [-0.3, -0.25) is 4.68 Å². The Balaban J connectivity index is 1.81. The first kappa shape index (κ1) is 12.3. The van der Waals surface area contributed by atoms with Crippen molar-refractivity contribution in [2.24, 2.45) is 0 Å². The van der Waals surface area contributed by atoms with E-state index in [2.05, 4.69) is 47.3 Å². The Morgan fingerprint density at radius 2 is 2.29 bits per heavy atom.